The molecule has 0 saturated carbocycles. The topological polar surface area (TPSA) is 12.0 Å². The summed E-state index contributed by atoms with van der Waals surface area (Å²) in [6.45, 7) is 1.06. The molecule has 0 saturated heterocycles. The lowest BCUT2D eigenvalue weighted by atomic mass is 9.87. The van der Waals surface area contributed by atoms with Gasteiger partial charge in [0.05, 0.1) is 0 Å². The Morgan fingerprint density at radius 2 is 1.74 bits per heavy atom. The molecule has 2 aromatic carbocycles. The minimum absolute atomic E-state index is 0.550. The van der Waals surface area contributed by atoms with Crippen LogP contribution in [0.15, 0.2) is 54.6 Å². The molecule has 0 fully saturated rings. The van der Waals surface area contributed by atoms with E-state index in [0.29, 0.717) is 6.04 Å². The highest BCUT2D eigenvalue weighted by atomic mass is 14.9. The fourth-order valence-corrected chi connectivity index (χ4v) is 3.00. The Morgan fingerprint density at radius 1 is 0.947 bits per heavy atom. The van der Waals surface area contributed by atoms with E-state index in [4.69, 9.17) is 0 Å². The molecule has 1 atom stereocenters. The Bertz CT molecular complexity index is 518. The lowest BCUT2D eigenvalue weighted by Gasteiger charge is -2.26. The highest BCUT2D eigenvalue weighted by Crippen LogP contribution is 2.29. The molecule has 1 unspecified atom stereocenters. The van der Waals surface area contributed by atoms with Gasteiger partial charge in [0.25, 0.3) is 0 Å². The van der Waals surface area contributed by atoms with Gasteiger partial charge in [-0.3, -0.25) is 0 Å². The number of fused-ring (bicyclic) bond motifs is 1. The minimum atomic E-state index is 0.550. The maximum absolute atomic E-state index is 3.73. The van der Waals surface area contributed by atoms with Gasteiger partial charge in [-0.05, 0) is 48.9 Å². The van der Waals surface area contributed by atoms with Crippen molar-refractivity contribution >= 4 is 0 Å². The van der Waals surface area contributed by atoms with E-state index in [9.17, 15) is 0 Å². The van der Waals surface area contributed by atoms with Crippen molar-refractivity contribution in [1.29, 1.82) is 0 Å². The SMILES string of the molecule is c1ccc(CCNC2CCCc3ccccc32)cc1. The van der Waals surface area contributed by atoms with Gasteiger partial charge < -0.3 is 5.32 Å². The zero-order chi connectivity index (χ0) is 12.9. The number of nitrogens with one attached hydrogen (secondary N) is 1. The van der Waals surface area contributed by atoms with E-state index >= 15 is 0 Å². The summed E-state index contributed by atoms with van der Waals surface area (Å²) in [7, 11) is 0. The van der Waals surface area contributed by atoms with Crippen LogP contribution in [0.3, 0.4) is 0 Å². The summed E-state index contributed by atoms with van der Waals surface area (Å²) in [5, 5.41) is 3.73. The summed E-state index contributed by atoms with van der Waals surface area (Å²) < 4.78 is 0. The third kappa shape index (κ3) is 3.05. The number of benzene rings is 2. The van der Waals surface area contributed by atoms with Crippen LogP contribution in [-0.2, 0) is 12.8 Å². The second kappa shape index (κ2) is 6.03. The van der Waals surface area contributed by atoms with Gasteiger partial charge in [0.15, 0.2) is 0 Å². The number of rotatable bonds is 4. The van der Waals surface area contributed by atoms with E-state index in [0.717, 1.165) is 13.0 Å². The summed E-state index contributed by atoms with van der Waals surface area (Å²) in [4.78, 5) is 0. The van der Waals surface area contributed by atoms with Crippen molar-refractivity contribution in [3.63, 3.8) is 0 Å². The predicted molar refractivity (Wildman–Crippen MR) is 80.3 cm³/mol. The van der Waals surface area contributed by atoms with Crippen LogP contribution in [0.5, 0.6) is 0 Å². The molecule has 1 nitrogen and oxygen atoms in total. The second-order valence-corrected chi connectivity index (χ2v) is 5.33. The van der Waals surface area contributed by atoms with Crippen molar-refractivity contribution < 1.29 is 0 Å². The summed E-state index contributed by atoms with van der Waals surface area (Å²) in [6, 6.07) is 20.2. The fraction of sp³-hybridized carbons (Fsp3) is 0.333. The molecular weight excluding hydrogens is 230 g/mol. The first-order valence-corrected chi connectivity index (χ1v) is 7.28. The van der Waals surface area contributed by atoms with Crippen LogP contribution in [0, 0.1) is 0 Å². The van der Waals surface area contributed by atoms with E-state index in [1.54, 1.807) is 0 Å². The van der Waals surface area contributed by atoms with Crippen LogP contribution in [0.1, 0.15) is 35.6 Å². The zero-order valence-electron chi connectivity index (χ0n) is 11.3. The Balaban J connectivity index is 1.59. The van der Waals surface area contributed by atoms with E-state index < -0.39 is 0 Å². The van der Waals surface area contributed by atoms with E-state index in [1.165, 1.54) is 36.0 Å². The smallest absolute Gasteiger partial charge is 0.0323 e. The molecule has 1 aliphatic rings. The minimum Gasteiger partial charge on any atom is -0.310 e. The fourth-order valence-electron chi connectivity index (χ4n) is 3.00. The molecule has 1 N–H and O–H groups in total. The van der Waals surface area contributed by atoms with Gasteiger partial charge in [-0.25, -0.2) is 0 Å². The van der Waals surface area contributed by atoms with Crippen molar-refractivity contribution in [2.75, 3.05) is 6.54 Å². The van der Waals surface area contributed by atoms with Gasteiger partial charge in [0, 0.05) is 6.04 Å². The van der Waals surface area contributed by atoms with Crippen molar-refractivity contribution in [1.82, 2.24) is 5.32 Å². The highest BCUT2D eigenvalue weighted by Gasteiger charge is 2.18. The molecule has 1 aliphatic carbocycles. The maximum Gasteiger partial charge on any atom is 0.0323 e. The van der Waals surface area contributed by atoms with Crippen LogP contribution in [0.25, 0.3) is 0 Å². The quantitative estimate of drug-likeness (QED) is 0.869. The van der Waals surface area contributed by atoms with E-state index in [1.807, 2.05) is 0 Å². The van der Waals surface area contributed by atoms with Crippen molar-refractivity contribution in [2.24, 2.45) is 0 Å². The molecule has 3 rings (SSSR count). The van der Waals surface area contributed by atoms with Crippen molar-refractivity contribution in [2.45, 2.75) is 31.7 Å². The molecule has 0 aliphatic heterocycles. The first-order chi connectivity index (χ1) is 9.43. The van der Waals surface area contributed by atoms with E-state index in [-0.39, 0.29) is 0 Å². The predicted octanol–water partition coefficient (Wildman–Crippen LogP) is 3.90. The monoisotopic (exact) mass is 251 g/mol. The number of aryl methyl sites for hydroxylation is 1. The van der Waals surface area contributed by atoms with Gasteiger partial charge in [0.2, 0.25) is 0 Å². The van der Waals surface area contributed by atoms with Crippen molar-refractivity contribution in [3.8, 4) is 0 Å². The third-order valence-corrected chi connectivity index (χ3v) is 4.02. The van der Waals surface area contributed by atoms with Gasteiger partial charge in [-0.2, -0.15) is 0 Å². The molecule has 0 aromatic heterocycles. The summed E-state index contributed by atoms with van der Waals surface area (Å²) in [5.41, 5.74) is 4.46. The number of hydrogen-bond donors (Lipinski definition) is 1. The van der Waals surface area contributed by atoms with E-state index in [2.05, 4.69) is 59.9 Å². The standard InChI is InChI=1S/C18H21N/c1-2-7-15(8-3-1)13-14-19-18-12-6-10-16-9-4-5-11-17(16)18/h1-5,7-9,11,18-19H,6,10,12-14H2. The average molecular weight is 251 g/mol. The third-order valence-electron chi connectivity index (χ3n) is 4.02. The molecule has 98 valence electrons. The highest BCUT2D eigenvalue weighted by molar-refractivity contribution is 5.32. The summed E-state index contributed by atoms with van der Waals surface area (Å²) >= 11 is 0. The Labute approximate surface area is 115 Å². The molecule has 0 amide bonds. The summed E-state index contributed by atoms with van der Waals surface area (Å²) in [6.07, 6.45) is 4.93. The Morgan fingerprint density at radius 3 is 2.63 bits per heavy atom. The van der Waals surface area contributed by atoms with Gasteiger partial charge in [-0.15, -0.1) is 0 Å². The van der Waals surface area contributed by atoms with Crippen LogP contribution in [0.2, 0.25) is 0 Å². The van der Waals surface area contributed by atoms with Crippen LogP contribution < -0.4 is 5.32 Å². The van der Waals surface area contributed by atoms with Crippen LogP contribution >= 0.6 is 0 Å². The second-order valence-electron chi connectivity index (χ2n) is 5.33. The average Bonchev–Trinajstić information content (AvgIpc) is 2.49. The molecule has 0 radical (unpaired) electrons. The van der Waals surface area contributed by atoms with Crippen LogP contribution in [-0.4, -0.2) is 6.54 Å². The molecule has 0 heterocycles. The van der Waals surface area contributed by atoms with Crippen LogP contribution in [0.4, 0.5) is 0 Å². The van der Waals surface area contributed by atoms with Gasteiger partial charge in [-0.1, -0.05) is 54.6 Å². The molecule has 0 spiro atoms. The Kier molecular flexibility index (Phi) is 3.95. The Hall–Kier alpha value is -1.60. The largest absolute Gasteiger partial charge is 0.310 e. The lowest BCUT2D eigenvalue weighted by Crippen LogP contribution is -2.27. The molecule has 2 aromatic rings. The first-order valence-electron chi connectivity index (χ1n) is 7.28. The molecule has 0 bridgehead atoms. The number of hydrogen-bond acceptors (Lipinski definition) is 1. The molecule has 1 heteroatoms. The normalized spacial score (nSPS) is 18.0. The van der Waals surface area contributed by atoms with Gasteiger partial charge >= 0.3 is 0 Å². The maximum atomic E-state index is 3.73. The molecule has 19 heavy (non-hydrogen) atoms. The molecular formula is C18H21N. The zero-order valence-corrected chi connectivity index (χ0v) is 11.3. The van der Waals surface area contributed by atoms with Gasteiger partial charge in [0.1, 0.15) is 0 Å². The van der Waals surface area contributed by atoms with Crippen molar-refractivity contribution in [3.05, 3.63) is 71.3 Å². The lowest BCUT2D eigenvalue weighted by molar-refractivity contribution is 0.463. The first kappa shape index (κ1) is 12.4. The summed E-state index contributed by atoms with van der Waals surface area (Å²) in [5.74, 6) is 0.